The van der Waals surface area contributed by atoms with Crippen LogP contribution in [0.25, 0.3) is 16.7 Å². The highest BCUT2D eigenvalue weighted by molar-refractivity contribution is 6.29. The van der Waals surface area contributed by atoms with Crippen LogP contribution in [0.5, 0.6) is 0 Å². The topological polar surface area (TPSA) is 73.2 Å². The van der Waals surface area contributed by atoms with Crippen molar-refractivity contribution >= 4 is 34.3 Å². The molecule has 0 saturated carbocycles. The lowest BCUT2D eigenvalue weighted by molar-refractivity contribution is 0.0524. The molecule has 0 unspecified atom stereocenters. The quantitative estimate of drug-likeness (QED) is 0.524. The molecule has 10 heteroatoms. The van der Waals surface area contributed by atoms with E-state index in [1.54, 1.807) is 0 Å². The van der Waals surface area contributed by atoms with E-state index in [1.165, 1.54) is 14.0 Å². The number of rotatable bonds is 4. The summed E-state index contributed by atoms with van der Waals surface area (Å²) in [4.78, 5) is 28.6. The number of ether oxygens (including phenoxy) is 1. The van der Waals surface area contributed by atoms with E-state index in [0.29, 0.717) is 6.07 Å². The highest BCUT2D eigenvalue weighted by Gasteiger charge is 2.22. The first kappa shape index (κ1) is 19.7. The van der Waals surface area contributed by atoms with Gasteiger partial charge in [0.15, 0.2) is 16.6 Å². The van der Waals surface area contributed by atoms with E-state index in [-0.39, 0.29) is 29.0 Å². The second-order valence-corrected chi connectivity index (χ2v) is 5.99. The number of nitrogens with zero attached hydrogens (tertiary/aromatic N) is 2. The molecule has 2 aromatic heterocycles. The molecule has 0 aliphatic carbocycles. The molecule has 3 aromatic rings. The number of nitrogens with one attached hydrogen (secondary N) is 1. The first-order chi connectivity index (χ1) is 13.3. The van der Waals surface area contributed by atoms with Gasteiger partial charge in [0.1, 0.15) is 17.2 Å². The normalized spacial score (nSPS) is 10.9. The van der Waals surface area contributed by atoms with E-state index >= 15 is 0 Å². The number of carbonyl (C=O) groups excluding carboxylic acids is 1. The minimum absolute atomic E-state index is 0.0155. The van der Waals surface area contributed by atoms with Gasteiger partial charge in [-0.3, -0.25) is 9.36 Å². The first-order valence-corrected chi connectivity index (χ1v) is 8.42. The zero-order valence-electron chi connectivity index (χ0n) is 14.6. The maximum Gasteiger partial charge on any atom is 0.343 e. The van der Waals surface area contributed by atoms with Crippen LogP contribution in [0.15, 0.2) is 29.2 Å². The number of benzene rings is 1. The van der Waals surface area contributed by atoms with Gasteiger partial charge < -0.3 is 10.1 Å². The van der Waals surface area contributed by atoms with Crippen LogP contribution in [0.2, 0.25) is 5.15 Å². The smallest absolute Gasteiger partial charge is 0.343 e. The summed E-state index contributed by atoms with van der Waals surface area (Å²) in [6, 6.07) is 2.54. The first-order valence-electron chi connectivity index (χ1n) is 8.04. The molecular weight excluding hydrogens is 399 g/mol. The Bertz CT molecular complexity index is 1160. The van der Waals surface area contributed by atoms with E-state index in [0.717, 1.165) is 22.9 Å². The standard InChI is InChI=1S/C18H13ClF3N3O3/c1-3-28-18(27)9-7-25(14-6-13(23-2)10(20)5-11(14)21)17-8(15(9)26)4-12(22)16(19)24-17/h4-7,23H,3H2,1-2H3. The van der Waals surface area contributed by atoms with Gasteiger partial charge in [0.25, 0.3) is 0 Å². The Labute approximate surface area is 161 Å². The summed E-state index contributed by atoms with van der Waals surface area (Å²) < 4.78 is 48.1. The number of anilines is 1. The Balaban J connectivity index is 2.45. The minimum Gasteiger partial charge on any atom is -0.462 e. The third kappa shape index (κ3) is 3.29. The zero-order valence-corrected chi connectivity index (χ0v) is 15.4. The van der Waals surface area contributed by atoms with E-state index in [9.17, 15) is 22.8 Å². The van der Waals surface area contributed by atoms with Gasteiger partial charge >= 0.3 is 5.97 Å². The summed E-state index contributed by atoms with van der Waals surface area (Å²) in [5.41, 5.74) is -1.82. The van der Waals surface area contributed by atoms with Crippen molar-refractivity contribution in [1.29, 1.82) is 0 Å². The second-order valence-electron chi connectivity index (χ2n) is 5.63. The fraction of sp³-hybridized carbons (Fsp3) is 0.167. The molecule has 0 bridgehead atoms. The zero-order chi connectivity index (χ0) is 20.6. The van der Waals surface area contributed by atoms with Gasteiger partial charge in [0, 0.05) is 19.3 Å². The van der Waals surface area contributed by atoms with Gasteiger partial charge in [-0.1, -0.05) is 11.6 Å². The van der Waals surface area contributed by atoms with E-state index in [2.05, 4.69) is 10.3 Å². The summed E-state index contributed by atoms with van der Waals surface area (Å²) in [6.07, 6.45) is 1.000. The predicted molar refractivity (Wildman–Crippen MR) is 97.7 cm³/mol. The van der Waals surface area contributed by atoms with Crippen molar-refractivity contribution in [3.05, 3.63) is 62.8 Å². The SMILES string of the molecule is CCOC(=O)c1cn(-c2cc(NC)c(F)cc2F)c2nc(Cl)c(F)cc2c1=O. The summed E-state index contributed by atoms with van der Waals surface area (Å²) in [6.45, 7) is 1.52. The van der Waals surface area contributed by atoms with Crippen molar-refractivity contribution in [1.82, 2.24) is 9.55 Å². The molecule has 0 atom stereocenters. The van der Waals surface area contributed by atoms with Crippen LogP contribution < -0.4 is 10.7 Å². The molecule has 0 aliphatic heterocycles. The second kappa shape index (κ2) is 7.51. The number of aromatic nitrogens is 2. The molecule has 28 heavy (non-hydrogen) atoms. The van der Waals surface area contributed by atoms with Gasteiger partial charge in [-0.2, -0.15) is 0 Å². The maximum absolute atomic E-state index is 14.5. The molecule has 1 N–H and O–H groups in total. The molecule has 0 fully saturated rings. The average molecular weight is 412 g/mol. The van der Waals surface area contributed by atoms with Crippen molar-refractivity contribution < 1.29 is 22.7 Å². The fourth-order valence-corrected chi connectivity index (χ4v) is 2.79. The Kier molecular flexibility index (Phi) is 5.28. The molecule has 0 saturated heterocycles. The molecule has 0 amide bonds. The third-order valence-corrected chi connectivity index (χ3v) is 4.21. The van der Waals surface area contributed by atoms with Crippen molar-refractivity contribution in [2.75, 3.05) is 19.0 Å². The van der Waals surface area contributed by atoms with Crippen LogP contribution >= 0.6 is 11.6 Å². The summed E-state index contributed by atoms with van der Waals surface area (Å²) in [5, 5.41) is 1.68. The lowest BCUT2D eigenvalue weighted by Crippen LogP contribution is -2.21. The maximum atomic E-state index is 14.5. The molecule has 0 aliphatic rings. The van der Waals surface area contributed by atoms with Gasteiger partial charge in [0.05, 0.1) is 23.4 Å². The van der Waals surface area contributed by atoms with Crippen LogP contribution in [-0.4, -0.2) is 29.2 Å². The lowest BCUT2D eigenvalue weighted by Gasteiger charge is -2.15. The predicted octanol–water partition coefficient (Wildman–Crippen LogP) is 3.67. The van der Waals surface area contributed by atoms with Gasteiger partial charge in [-0.25, -0.2) is 22.9 Å². The summed E-state index contributed by atoms with van der Waals surface area (Å²) >= 11 is 5.72. The van der Waals surface area contributed by atoms with Gasteiger partial charge in [-0.05, 0) is 19.1 Å². The molecule has 2 heterocycles. The summed E-state index contributed by atoms with van der Waals surface area (Å²) in [5.74, 6) is -3.82. The molecule has 1 aromatic carbocycles. The number of halogens is 4. The number of fused-ring (bicyclic) bond motifs is 1. The van der Waals surface area contributed by atoms with E-state index in [4.69, 9.17) is 16.3 Å². The number of pyridine rings is 2. The van der Waals surface area contributed by atoms with Crippen molar-refractivity contribution in [3.63, 3.8) is 0 Å². The third-order valence-electron chi connectivity index (χ3n) is 3.95. The Morgan fingerprint density at radius 2 is 1.93 bits per heavy atom. The Morgan fingerprint density at radius 3 is 2.57 bits per heavy atom. The minimum atomic E-state index is -1.00. The average Bonchev–Trinajstić information content (AvgIpc) is 2.64. The van der Waals surface area contributed by atoms with Gasteiger partial charge in [-0.15, -0.1) is 0 Å². The molecule has 146 valence electrons. The highest BCUT2D eigenvalue weighted by atomic mass is 35.5. The van der Waals surface area contributed by atoms with Crippen LogP contribution in [0.4, 0.5) is 18.9 Å². The Hall–Kier alpha value is -3.07. The van der Waals surface area contributed by atoms with Crippen LogP contribution in [-0.2, 0) is 4.74 Å². The number of hydrogen-bond acceptors (Lipinski definition) is 5. The Morgan fingerprint density at radius 1 is 1.21 bits per heavy atom. The molecule has 0 spiro atoms. The van der Waals surface area contributed by atoms with Gasteiger partial charge in [0.2, 0.25) is 5.43 Å². The van der Waals surface area contributed by atoms with Crippen molar-refractivity contribution in [3.8, 4) is 5.69 Å². The van der Waals surface area contributed by atoms with E-state index < -0.39 is 39.6 Å². The monoisotopic (exact) mass is 411 g/mol. The van der Waals surface area contributed by atoms with Crippen LogP contribution in [0, 0.1) is 17.5 Å². The number of hydrogen-bond donors (Lipinski definition) is 1. The number of esters is 1. The van der Waals surface area contributed by atoms with Crippen molar-refractivity contribution in [2.45, 2.75) is 6.92 Å². The van der Waals surface area contributed by atoms with E-state index in [1.807, 2.05) is 0 Å². The largest absolute Gasteiger partial charge is 0.462 e. The number of carbonyl (C=O) groups is 1. The molecule has 3 rings (SSSR count). The fourth-order valence-electron chi connectivity index (χ4n) is 2.65. The molecular formula is C18H13ClF3N3O3. The highest BCUT2D eigenvalue weighted by Crippen LogP contribution is 2.26. The molecule has 6 nitrogen and oxygen atoms in total. The van der Waals surface area contributed by atoms with Crippen LogP contribution in [0.1, 0.15) is 17.3 Å². The van der Waals surface area contributed by atoms with Crippen molar-refractivity contribution in [2.24, 2.45) is 0 Å². The van der Waals surface area contributed by atoms with Crippen LogP contribution in [0.3, 0.4) is 0 Å². The molecule has 0 radical (unpaired) electrons. The lowest BCUT2D eigenvalue weighted by atomic mass is 10.1. The summed E-state index contributed by atoms with van der Waals surface area (Å²) in [7, 11) is 1.43.